The van der Waals surface area contributed by atoms with Crippen LogP contribution in [0.15, 0.2) is 17.1 Å². The van der Waals surface area contributed by atoms with Crippen molar-refractivity contribution in [1.82, 2.24) is 9.55 Å². The smallest absolute Gasteiger partial charge is 0.351 e. The van der Waals surface area contributed by atoms with Crippen molar-refractivity contribution in [1.29, 1.82) is 0 Å². The van der Waals surface area contributed by atoms with E-state index in [1.807, 2.05) is 0 Å². The second kappa shape index (κ2) is 5.60. The Hall–Kier alpha value is -1.30. The first-order chi connectivity index (χ1) is 9.43. The summed E-state index contributed by atoms with van der Waals surface area (Å²) < 4.78 is 6.42. The molecule has 0 radical (unpaired) electrons. The van der Waals surface area contributed by atoms with E-state index in [2.05, 4.69) is 16.3 Å². The lowest BCUT2D eigenvalue weighted by molar-refractivity contribution is -0.0464. The van der Waals surface area contributed by atoms with Crippen molar-refractivity contribution >= 4 is 29.0 Å². The first-order valence-corrected chi connectivity index (χ1v) is 6.30. The summed E-state index contributed by atoms with van der Waals surface area (Å²) in [4.78, 5) is 13.7. The van der Waals surface area contributed by atoms with Crippen LogP contribution >= 0.6 is 23.2 Å². The molecule has 0 aliphatic carbocycles. The minimum Gasteiger partial charge on any atom is -0.394 e. The fourth-order valence-electron chi connectivity index (χ4n) is 1.98. The molecule has 0 spiro atoms. The van der Waals surface area contributed by atoms with E-state index < -0.39 is 35.6 Å². The molecule has 0 aromatic carbocycles. The van der Waals surface area contributed by atoms with E-state index in [1.54, 1.807) is 0 Å². The number of aliphatic hydroxyl groups is 2. The summed E-state index contributed by atoms with van der Waals surface area (Å²) in [6, 6.07) is 1.37. The van der Waals surface area contributed by atoms with Crippen molar-refractivity contribution in [2.24, 2.45) is 0 Å². The predicted molar refractivity (Wildman–Crippen MR) is 72.1 cm³/mol. The molecule has 4 N–H and O–H groups in total. The summed E-state index contributed by atoms with van der Waals surface area (Å²) in [7, 11) is 0. The number of nitrogens with zero attached hydrogens (tertiary/aromatic N) is 2. The minimum atomic E-state index is -1.68. The molecule has 2 rings (SSSR count). The number of halogens is 2. The largest absolute Gasteiger partial charge is 0.394 e. The zero-order chi connectivity index (χ0) is 14.9. The molecule has 9 heteroatoms. The Bertz CT molecular complexity index is 626. The number of alkyl halides is 1. The highest BCUT2D eigenvalue weighted by Gasteiger charge is 2.55. The van der Waals surface area contributed by atoms with Crippen molar-refractivity contribution in [3.8, 4) is 11.3 Å². The lowest BCUT2D eigenvalue weighted by Gasteiger charge is -2.25. The number of hydrogen-bond acceptors (Lipinski definition) is 6. The van der Waals surface area contributed by atoms with Crippen molar-refractivity contribution < 1.29 is 14.9 Å². The molecule has 7 nitrogen and oxygen atoms in total. The molecule has 0 bridgehead atoms. The van der Waals surface area contributed by atoms with Crippen LogP contribution in [0.3, 0.4) is 0 Å². The third kappa shape index (κ3) is 2.37. The Morgan fingerprint density at radius 3 is 2.90 bits per heavy atom. The van der Waals surface area contributed by atoms with Gasteiger partial charge in [-0.2, -0.15) is 4.98 Å². The molecule has 1 aliphatic heterocycles. The molecular weight excluding hydrogens is 309 g/mol. The van der Waals surface area contributed by atoms with Crippen molar-refractivity contribution in [2.75, 3.05) is 12.3 Å². The van der Waals surface area contributed by atoms with Gasteiger partial charge in [-0.05, 0) is 17.7 Å². The van der Waals surface area contributed by atoms with Gasteiger partial charge >= 0.3 is 5.69 Å². The number of aromatic nitrogens is 2. The number of hydrogen-bond donors (Lipinski definition) is 3. The van der Waals surface area contributed by atoms with Gasteiger partial charge in [-0.25, -0.2) is 4.79 Å². The number of anilines is 1. The minimum absolute atomic E-state index is 0.0344. The molecule has 1 saturated heterocycles. The maximum atomic E-state index is 11.8. The topological polar surface area (TPSA) is 111 Å². The standard InChI is InChI=1S/C11H11Cl2N3O4/c12-3-2-11(13)8(18)6(5-17)20-9(11)16-4-1-7(14)15-10(16)19/h1,4,6,8-9,17-18H,5H2,(H2,14,15,19)/t6?,8-,9?,11?/m0/s1. The zero-order valence-corrected chi connectivity index (χ0v) is 11.5. The van der Waals surface area contributed by atoms with Crippen LogP contribution in [-0.4, -0.2) is 43.5 Å². The highest BCUT2D eigenvalue weighted by Crippen LogP contribution is 2.42. The van der Waals surface area contributed by atoms with Gasteiger partial charge < -0.3 is 20.7 Å². The maximum absolute atomic E-state index is 11.8. The summed E-state index contributed by atoms with van der Waals surface area (Å²) in [6.45, 7) is -0.493. The number of nitrogen functional groups attached to an aromatic ring is 1. The van der Waals surface area contributed by atoms with E-state index in [4.69, 9.17) is 38.8 Å². The normalized spacial score (nSPS) is 32.7. The Morgan fingerprint density at radius 1 is 1.65 bits per heavy atom. The van der Waals surface area contributed by atoms with Crippen LogP contribution in [0.5, 0.6) is 0 Å². The van der Waals surface area contributed by atoms with Crippen molar-refractivity contribution in [2.45, 2.75) is 23.3 Å². The fourth-order valence-corrected chi connectivity index (χ4v) is 2.53. The Labute approximate surface area is 123 Å². The second-order valence-corrected chi connectivity index (χ2v) is 5.00. The Kier molecular flexibility index (Phi) is 4.22. The van der Waals surface area contributed by atoms with Crippen molar-refractivity contribution in [3.63, 3.8) is 0 Å². The molecule has 0 amide bonds. The Balaban J connectivity index is 2.52. The van der Waals surface area contributed by atoms with Crippen LogP contribution in [0.2, 0.25) is 0 Å². The van der Waals surface area contributed by atoms with Gasteiger partial charge in [-0.1, -0.05) is 17.5 Å². The highest BCUT2D eigenvalue weighted by molar-refractivity contribution is 6.32. The Morgan fingerprint density at radius 2 is 2.35 bits per heavy atom. The monoisotopic (exact) mass is 319 g/mol. The molecule has 1 aromatic heterocycles. The second-order valence-electron chi connectivity index (χ2n) is 4.18. The van der Waals surface area contributed by atoms with Gasteiger partial charge in [-0.3, -0.25) is 4.57 Å². The summed E-state index contributed by atoms with van der Waals surface area (Å²) >= 11 is 11.6. The van der Waals surface area contributed by atoms with Crippen molar-refractivity contribution in [3.05, 3.63) is 22.7 Å². The molecule has 4 atom stereocenters. The van der Waals surface area contributed by atoms with E-state index in [1.165, 1.54) is 12.3 Å². The molecule has 3 unspecified atom stereocenters. The molecule has 0 saturated carbocycles. The average Bonchev–Trinajstić information content (AvgIpc) is 2.63. The molecule has 1 aliphatic rings. The van der Waals surface area contributed by atoms with Crippen LogP contribution in [0.4, 0.5) is 5.82 Å². The van der Waals surface area contributed by atoms with Crippen LogP contribution in [0, 0.1) is 11.3 Å². The van der Waals surface area contributed by atoms with Gasteiger partial charge in [0.25, 0.3) is 0 Å². The third-order valence-corrected chi connectivity index (χ3v) is 3.57. The average molecular weight is 320 g/mol. The van der Waals surface area contributed by atoms with E-state index in [9.17, 15) is 9.90 Å². The zero-order valence-electron chi connectivity index (χ0n) is 10.0. The van der Waals surface area contributed by atoms with Gasteiger partial charge in [0, 0.05) is 11.6 Å². The predicted octanol–water partition coefficient (Wildman–Crippen LogP) is -0.747. The third-order valence-electron chi connectivity index (χ3n) is 2.97. The van der Waals surface area contributed by atoms with Crippen LogP contribution in [0.1, 0.15) is 6.23 Å². The van der Waals surface area contributed by atoms with E-state index in [0.29, 0.717) is 0 Å². The first kappa shape index (κ1) is 15.1. The summed E-state index contributed by atoms with van der Waals surface area (Å²) in [5, 5.41) is 21.3. The highest BCUT2D eigenvalue weighted by atomic mass is 35.5. The summed E-state index contributed by atoms with van der Waals surface area (Å²) in [5.74, 6) is 2.44. The van der Waals surface area contributed by atoms with E-state index >= 15 is 0 Å². The maximum Gasteiger partial charge on any atom is 0.351 e. The molecular formula is C11H11Cl2N3O4. The van der Waals surface area contributed by atoms with Crippen LogP contribution in [0.25, 0.3) is 0 Å². The molecule has 20 heavy (non-hydrogen) atoms. The van der Waals surface area contributed by atoms with Gasteiger partial charge in [0.1, 0.15) is 18.0 Å². The summed E-state index contributed by atoms with van der Waals surface area (Å²) in [5.41, 5.74) is 4.68. The number of nitrogens with two attached hydrogens (primary N) is 1. The van der Waals surface area contributed by atoms with Gasteiger partial charge in [0.05, 0.1) is 6.61 Å². The van der Waals surface area contributed by atoms with Gasteiger partial charge in [0.2, 0.25) is 0 Å². The van der Waals surface area contributed by atoms with Crippen LogP contribution < -0.4 is 11.4 Å². The summed E-state index contributed by atoms with van der Waals surface area (Å²) in [6.07, 6.45) is -2.19. The SMILES string of the molecule is Nc1ccn(C2OC(CO)[C@H](O)C2(Cl)C#CCl)c(=O)n1. The van der Waals surface area contributed by atoms with Crippen LogP contribution in [-0.2, 0) is 4.74 Å². The first-order valence-electron chi connectivity index (χ1n) is 5.54. The lowest BCUT2D eigenvalue weighted by atomic mass is 9.99. The van der Waals surface area contributed by atoms with E-state index in [-0.39, 0.29) is 5.82 Å². The molecule has 2 heterocycles. The molecule has 108 valence electrons. The number of rotatable bonds is 2. The number of aliphatic hydroxyl groups excluding tert-OH is 2. The molecule has 1 fully saturated rings. The quantitative estimate of drug-likeness (QED) is 0.489. The lowest BCUT2D eigenvalue weighted by Crippen LogP contribution is -2.43. The number of ether oxygens (including phenoxy) is 1. The van der Waals surface area contributed by atoms with Gasteiger partial charge in [0.15, 0.2) is 11.1 Å². The fraction of sp³-hybridized carbons (Fsp3) is 0.455. The van der Waals surface area contributed by atoms with Gasteiger partial charge in [-0.15, -0.1) is 0 Å². The molecule has 1 aromatic rings. The van der Waals surface area contributed by atoms with E-state index in [0.717, 1.165) is 4.57 Å².